The van der Waals surface area contributed by atoms with Gasteiger partial charge in [-0.05, 0) is 0 Å². The molecule has 1 aliphatic heterocycles. The number of methoxy groups -OCH3 is 1. The fourth-order valence-electron chi connectivity index (χ4n) is 0.685. The maximum atomic E-state index is 5.21. The van der Waals surface area contributed by atoms with Gasteiger partial charge in [-0.2, -0.15) is 9.78 Å². The van der Waals surface area contributed by atoms with Crippen molar-refractivity contribution in [2.75, 3.05) is 7.11 Å². The van der Waals surface area contributed by atoms with Crippen LogP contribution in [0, 0.1) is 5.41 Å². The van der Waals surface area contributed by atoms with Crippen molar-refractivity contribution in [3.63, 3.8) is 0 Å². The minimum Gasteiger partial charge on any atom is -0.331 e. The van der Waals surface area contributed by atoms with E-state index >= 15 is 0 Å². The van der Waals surface area contributed by atoms with Gasteiger partial charge in [-0.1, -0.05) is 20.8 Å². The van der Waals surface area contributed by atoms with Crippen molar-refractivity contribution in [2.45, 2.75) is 33.5 Å². The minimum atomic E-state index is -0.681. The zero-order valence-electron chi connectivity index (χ0n) is 7.29. The highest BCUT2D eigenvalue weighted by atomic mass is 17.3. The highest BCUT2D eigenvalue weighted by molar-refractivity contribution is 4.66. The van der Waals surface area contributed by atoms with E-state index in [1.807, 2.05) is 20.8 Å². The standard InChI is InChI=1S/C7H14O4/c1-7(2,3)5-9-6(8-4)11-10-5/h5-6H,1-4H3/t5-,6-/m0/s1. The van der Waals surface area contributed by atoms with Crippen molar-refractivity contribution in [3.8, 4) is 0 Å². The summed E-state index contributed by atoms with van der Waals surface area (Å²) in [5.74, 6) is 0. The van der Waals surface area contributed by atoms with Gasteiger partial charge in [0, 0.05) is 12.5 Å². The molecule has 0 radical (unpaired) electrons. The van der Waals surface area contributed by atoms with Crippen LogP contribution in [-0.4, -0.2) is 19.9 Å². The number of ether oxygens (including phenoxy) is 2. The molecule has 0 unspecified atom stereocenters. The molecule has 0 spiro atoms. The van der Waals surface area contributed by atoms with Crippen molar-refractivity contribution in [1.29, 1.82) is 0 Å². The van der Waals surface area contributed by atoms with Crippen LogP contribution in [0.3, 0.4) is 0 Å². The molecule has 1 heterocycles. The maximum absolute atomic E-state index is 5.21. The lowest BCUT2D eigenvalue weighted by molar-refractivity contribution is -0.350. The van der Waals surface area contributed by atoms with E-state index in [0.29, 0.717) is 0 Å². The number of hydrogen-bond donors (Lipinski definition) is 0. The summed E-state index contributed by atoms with van der Waals surface area (Å²) < 4.78 is 9.98. The first-order valence-electron chi connectivity index (χ1n) is 3.54. The Morgan fingerprint density at radius 2 is 1.82 bits per heavy atom. The summed E-state index contributed by atoms with van der Waals surface area (Å²) >= 11 is 0. The molecule has 1 rings (SSSR count). The molecule has 0 aromatic rings. The average molecular weight is 162 g/mol. The molecule has 0 N–H and O–H groups in total. The van der Waals surface area contributed by atoms with Crippen molar-refractivity contribution < 1.29 is 19.2 Å². The summed E-state index contributed by atoms with van der Waals surface area (Å²) in [5, 5.41) is 0. The van der Waals surface area contributed by atoms with E-state index in [1.165, 1.54) is 7.11 Å². The third kappa shape index (κ3) is 2.13. The fraction of sp³-hybridized carbons (Fsp3) is 1.00. The molecule has 66 valence electrons. The zero-order valence-corrected chi connectivity index (χ0v) is 7.29. The van der Waals surface area contributed by atoms with E-state index in [1.54, 1.807) is 0 Å². The second-order valence-corrected chi connectivity index (χ2v) is 3.55. The Bertz CT molecular complexity index is 129. The maximum Gasteiger partial charge on any atom is 0.303 e. The van der Waals surface area contributed by atoms with Gasteiger partial charge in [-0.15, -0.1) is 0 Å². The van der Waals surface area contributed by atoms with Gasteiger partial charge in [0.15, 0.2) is 0 Å². The predicted molar refractivity (Wildman–Crippen MR) is 37.3 cm³/mol. The van der Waals surface area contributed by atoms with Gasteiger partial charge in [0.2, 0.25) is 6.29 Å². The molecule has 4 nitrogen and oxygen atoms in total. The van der Waals surface area contributed by atoms with Gasteiger partial charge in [0.05, 0.1) is 0 Å². The predicted octanol–water partition coefficient (Wildman–Crippen LogP) is 1.27. The first kappa shape index (κ1) is 8.93. The molecular weight excluding hydrogens is 148 g/mol. The van der Waals surface area contributed by atoms with Crippen molar-refractivity contribution in [3.05, 3.63) is 0 Å². The van der Waals surface area contributed by atoms with Crippen molar-refractivity contribution >= 4 is 0 Å². The van der Waals surface area contributed by atoms with Crippen LogP contribution in [0.2, 0.25) is 0 Å². The van der Waals surface area contributed by atoms with Gasteiger partial charge in [-0.3, -0.25) is 4.74 Å². The second kappa shape index (κ2) is 3.06. The summed E-state index contributed by atoms with van der Waals surface area (Å²) in [6.07, 6.45) is -0.354. The van der Waals surface area contributed by atoms with E-state index in [4.69, 9.17) is 19.2 Å². The van der Waals surface area contributed by atoms with Crippen LogP contribution in [0.15, 0.2) is 0 Å². The van der Waals surface area contributed by atoms with Gasteiger partial charge in [-0.25, -0.2) is 0 Å². The third-order valence-corrected chi connectivity index (χ3v) is 1.36. The van der Waals surface area contributed by atoms with Crippen molar-refractivity contribution in [1.82, 2.24) is 0 Å². The third-order valence-electron chi connectivity index (χ3n) is 1.36. The SMILES string of the molecule is CO[C@@H]1OO[C@@H](C(C)(C)C)O1. The summed E-state index contributed by atoms with van der Waals surface area (Å²) in [4.78, 5) is 9.57. The van der Waals surface area contributed by atoms with Crippen LogP contribution in [-0.2, 0) is 19.2 Å². The highest BCUT2D eigenvalue weighted by Crippen LogP contribution is 2.29. The Kier molecular flexibility index (Phi) is 2.49. The Morgan fingerprint density at radius 3 is 2.09 bits per heavy atom. The molecule has 0 aromatic heterocycles. The van der Waals surface area contributed by atoms with Crippen LogP contribution >= 0.6 is 0 Å². The van der Waals surface area contributed by atoms with Crippen LogP contribution in [0.25, 0.3) is 0 Å². The molecule has 1 aliphatic rings. The molecule has 0 aliphatic carbocycles. The summed E-state index contributed by atoms with van der Waals surface area (Å²) in [6.45, 7) is 5.32. The van der Waals surface area contributed by atoms with E-state index < -0.39 is 6.48 Å². The molecule has 11 heavy (non-hydrogen) atoms. The van der Waals surface area contributed by atoms with E-state index in [0.717, 1.165) is 0 Å². The van der Waals surface area contributed by atoms with E-state index in [-0.39, 0.29) is 11.7 Å². The Hall–Kier alpha value is -0.160. The van der Waals surface area contributed by atoms with Gasteiger partial charge >= 0.3 is 6.48 Å². The smallest absolute Gasteiger partial charge is 0.303 e. The molecule has 1 fully saturated rings. The quantitative estimate of drug-likeness (QED) is 0.544. The first-order chi connectivity index (χ1) is 5.04. The molecule has 1 saturated heterocycles. The molecule has 0 saturated carbocycles. The summed E-state index contributed by atoms with van der Waals surface area (Å²) in [5.41, 5.74) is -0.0900. The average Bonchev–Trinajstić information content (AvgIpc) is 2.32. The number of rotatable bonds is 1. The normalized spacial score (nSPS) is 32.7. The largest absolute Gasteiger partial charge is 0.331 e. The van der Waals surface area contributed by atoms with Gasteiger partial charge in [0.1, 0.15) is 0 Å². The van der Waals surface area contributed by atoms with Gasteiger partial charge in [0.25, 0.3) is 0 Å². The van der Waals surface area contributed by atoms with Crippen LogP contribution in [0.1, 0.15) is 20.8 Å². The van der Waals surface area contributed by atoms with E-state index in [9.17, 15) is 0 Å². The first-order valence-corrected chi connectivity index (χ1v) is 3.54. The van der Waals surface area contributed by atoms with E-state index in [2.05, 4.69) is 0 Å². The monoisotopic (exact) mass is 162 g/mol. The van der Waals surface area contributed by atoms with Crippen molar-refractivity contribution in [2.24, 2.45) is 5.41 Å². The van der Waals surface area contributed by atoms with Crippen LogP contribution in [0.4, 0.5) is 0 Å². The molecule has 0 bridgehead atoms. The summed E-state index contributed by atoms with van der Waals surface area (Å²) in [6, 6.07) is 0. The fourth-order valence-corrected chi connectivity index (χ4v) is 0.685. The highest BCUT2D eigenvalue weighted by Gasteiger charge is 2.36. The lowest BCUT2D eigenvalue weighted by Crippen LogP contribution is -2.27. The van der Waals surface area contributed by atoms with Crippen LogP contribution in [0.5, 0.6) is 0 Å². The molecule has 2 atom stereocenters. The van der Waals surface area contributed by atoms with Crippen LogP contribution < -0.4 is 0 Å². The summed E-state index contributed by atoms with van der Waals surface area (Å²) in [7, 11) is 1.50. The Balaban J connectivity index is 2.42. The molecule has 4 heteroatoms. The van der Waals surface area contributed by atoms with Gasteiger partial charge < -0.3 is 4.74 Å². The molecule has 0 aromatic carbocycles. The lowest BCUT2D eigenvalue weighted by Gasteiger charge is -2.22. The number of hydrogen-bond acceptors (Lipinski definition) is 4. The minimum absolute atomic E-state index is 0.0900. The molecule has 0 amide bonds. The topological polar surface area (TPSA) is 36.9 Å². The second-order valence-electron chi connectivity index (χ2n) is 3.55. The Morgan fingerprint density at radius 1 is 1.18 bits per heavy atom. The molecular formula is C7H14O4. The lowest BCUT2D eigenvalue weighted by atomic mass is 9.96. The Labute approximate surface area is 66.3 Å². The zero-order chi connectivity index (χ0) is 8.48.